The fourth-order valence-electron chi connectivity index (χ4n) is 2.82. The number of hydrogen-bond acceptors (Lipinski definition) is 3. The molecule has 2 fully saturated rings. The summed E-state index contributed by atoms with van der Waals surface area (Å²) in [6, 6.07) is 9.62. The van der Waals surface area contributed by atoms with Crippen LogP contribution in [-0.4, -0.2) is 26.8 Å². The van der Waals surface area contributed by atoms with Crippen molar-refractivity contribution in [2.45, 2.75) is 43.6 Å². The van der Waals surface area contributed by atoms with Crippen molar-refractivity contribution in [1.82, 2.24) is 4.31 Å². The van der Waals surface area contributed by atoms with Gasteiger partial charge in [0.25, 0.3) is 0 Å². The van der Waals surface area contributed by atoms with Crippen LogP contribution in [0.4, 0.5) is 4.79 Å². The first kappa shape index (κ1) is 12.7. The van der Waals surface area contributed by atoms with Gasteiger partial charge in [0.2, 0.25) is 0 Å². The van der Waals surface area contributed by atoms with E-state index in [0.29, 0.717) is 5.75 Å². The minimum absolute atomic E-state index is 0.00537. The van der Waals surface area contributed by atoms with E-state index in [1.807, 2.05) is 30.3 Å². The highest BCUT2D eigenvalue weighted by Gasteiger charge is 2.45. The van der Waals surface area contributed by atoms with Gasteiger partial charge in [-0.15, -0.1) is 0 Å². The molecule has 5 heteroatoms. The van der Waals surface area contributed by atoms with Crippen LogP contribution in [0, 0.1) is 0 Å². The lowest BCUT2D eigenvalue weighted by Gasteiger charge is -2.26. The molecule has 3 rings (SSSR count). The third-order valence-electron chi connectivity index (χ3n) is 3.75. The summed E-state index contributed by atoms with van der Waals surface area (Å²) in [5.41, 5.74) is 0.980. The van der Waals surface area contributed by atoms with Crippen molar-refractivity contribution in [3.63, 3.8) is 0 Å². The van der Waals surface area contributed by atoms with E-state index in [9.17, 15) is 9.00 Å². The molecular weight excluding hydrogens is 262 g/mol. The van der Waals surface area contributed by atoms with Gasteiger partial charge >= 0.3 is 6.09 Å². The Morgan fingerprint density at radius 3 is 2.74 bits per heavy atom. The molecule has 1 saturated heterocycles. The van der Waals surface area contributed by atoms with Crippen molar-refractivity contribution in [1.29, 1.82) is 0 Å². The molecule has 0 spiro atoms. The normalized spacial score (nSPS) is 27.8. The lowest BCUT2D eigenvalue weighted by atomic mass is 9.93. The number of nitrogens with zero attached hydrogens (tertiary/aromatic N) is 1. The van der Waals surface area contributed by atoms with E-state index < -0.39 is 17.1 Å². The van der Waals surface area contributed by atoms with Gasteiger partial charge in [-0.3, -0.25) is 0 Å². The summed E-state index contributed by atoms with van der Waals surface area (Å²) in [4.78, 5) is 11.9. The topological polar surface area (TPSA) is 46.6 Å². The second-order valence-corrected chi connectivity index (χ2v) is 6.38. The molecule has 1 saturated carbocycles. The smallest absolute Gasteiger partial charge is 0.422 e. The number of hydrogen-bond donors (Lipinski definition) is 0. The molecule has 3 atom stereocenters. The van der Waals surface area contributed by atoms with Gasteiger partial charge in [-0.2, -0.15) is 0 Å². The summed E-state index contributed by atoms with van der Waals surface area (Å²) in [5.74, 6) is 0.374. The lowest BCUT2D eigenvalue weighted by Crippen LogP contribution is -2.40. The Hall–Kier alpha value is -1.36. The van der Waals surface area contributed by atoms with Crippen LogP contribution in [0.5, 0.6) is 0 Å². The van der Waals surface area contributed by atoms with Gasteiger partial charge in [-0.05, 0) is 24.8 Å². The van der Waals surface area contributed by atoms with E-state index in [-0.39, 0.29) is 12.1 Å². The van der Waals surface area contributed by atoms with E-state index >= 15 is 0 Å². The minimum atomic E-state index is -1.34. The van der Waals surface area contributed by atoms with Gasteiger partial charge in [0.15, 0.2) is 0 Å². The summed E-state index contributed by atoms with van der Waals surface area (Å²) >= 11 is 0. The molecule has 1 aromatic carbocycles. The second kappa shape index (κ2) is 5.33. The average Bonchev–Trinajstić information content (AvgIpc) is 2.75. The second-order valence-electron chi connectivity index (χ2n) is 5.05. The molecular formula is C14H17NO3S. The van der Waals surface area contributed by atoms with Crippen molar-refractivity contribution in [3.05, 3.63) is 35.9 Å². The van der Waals surface area contributed by atoms with Crippen molar-refractivity contribution in [2.75, 3.05) is 0 Å². The largest absolute Gasteiger partial charge is 0.443 e. The van der Waals surface area contributed by atoms with Crippen LogP contribution < -0.4 is 0 Å². The van der Waals surface area contributed by atoms with Gasteiger partial charge in [0.05, 0.1) is 11.8 Å². The van der Waals surface area contributed by atoms with E-state index in [4.69, 9.17) is 4.74 Å². The summed E-state index contributed by atoms with van der Waals surface area (Å²) in [7, 11) is -1.34. The molecule has 1 amide bonds. The number of carbonyl (C=O) groups is 1. The Balaban J connectivity index is 1.74. The number of amides is 1. The molecule has 1 aliphatic carbocycles. The number of fused-ring (bicyclic) bond motifs is 1. The third kappa shape index (κ3) is 2.52. The molecule has 1 heterocycles. The molecule has 0 aromatic heterocycles. The first-order chi connectivity index (χ1) is 9.25. The number of ether oxygens (including phenoxy) is 1. The SMILES string of the molecule is O=C1O[C@@H]2CCCCC2N1[S@@](=O)Cc1ccccc1. The monoisotopic (exact) mass is 279 g/mol. The van der Waals surface area contributed by atoms with Crippen molar-refractivity contribution in [3.8, 4) is 0 Å². The number of rotatable bonds is 3. The van der Waals surface area contributed by atoms with Crippen molar-refractivity contribution >= 4 is 17.1 Å². The summed E-state index contributed by atoms with van der Waals surface area (Å²) < 4.78 is 19.2. The molecule has 1 aromatic rings. The van der Waals surface area contributed by atoms with E-state index in [2.05, 4.69) is 0 Å². The minimum Gasteiger partial charge on any atom is -0.443 e. The van der Waals surface area contributed by atoms with Crippen LogP contribution in [0.1, 0.15) is 31.2 Å². The van der Waals surface area contributed by atoms with Crippen LogP contribution in [0.15, 0.2) is 30.3 Å². The molecule has 0 N–H and O–H groups in total. The Morgan fingerprint density at radius 1 is 1.21 bits per heavy atom. The van der Waals surface area contributed by atoms with Crippen molar-refractivity contribution in [2.24, 2.45) is 0 Å². The predicted octanol–water partition coefficient (Wildman–Crippen LogP) is 2.61. The van der Waals surface area contributed by atoms with Crippen LogP contribution >= 0.6 is 0 Å². The molecule has 102 valence electrons. The molecule has 0 bridgehead atoms. The zero-order chi connectivity index (χ0) is 13.2. The maximum Gasteiger partial charge on any atom is 0.422 e. The highest BCUT2D eigenvalue weighted by molar-refractivity contribution is 7.82. The Kier molecular flexibility index (Phi) is 3.55. The fraction of sp³-hybridized carbons (Fsp3) is 0.500. The molecule has 1 aliphatic heterocycles. The molecule has 0 radical (unpaired) electrons. The summed E-state index contributed by atoms with van der Waals surface area (Å²) in [6.07, 6.45) is 3.50. The fourth-order valence-corrected chi connectivity index (χ4v) is 4.19. The van der Waals surface area contributed by atoms with Gasteiger partial charge in [0, 0.05) is 0 Å². The van der Waals surface area contributed by atoms with E-state index in [1.165, 1.54) is 4.31 Å². The van der Waals surface area contributed by atoms with E-state index in [0.717, 1.165) is 31.2 Å². The zero-order valence-electron chi connectivity index (χ0n) is 10.7. The first-order valence-corrected chi connectivity index (χ1v) is 7.95. The van der Waals surface area contributed by atoms with E-state index in [1.54, 1.807) is 0 Å². The molecule has 19 heavy (non-hydrogen) atoms. The standard InChI is InChI=1S/C14H17NO3S/c16-14-15(12-8-4-5-9-13(12)18-14)19(17)10-11-6-2-1-3-7-11/h1-3,6-7,12-13H,4-5,8-10H2/t12?,13-,19+/m1/s1. The third-order valence-corrected chi connectivity index (χ3v) is 5.19. The zero-order valence-corrected chi connectivity index (χ0v) is 11.5. The summed E-state index contributed by atoms with van der Waals surface area (Å²) in [5, 5.41) is 0. The molecule has 2 aliphatic rings. The predicted molar refractivity (Wildman–Crippen MR) is 72.7 cm³/mol. The Morgan fingerprint density at radius 2 is 1.95 bits per heavy atom. The van der Waals surface area contributed by atoms with Crippen LogP contribution in [0.2, 0.25) is 0 Å². The van der Waals surface area contributed by atoms with Crippen LogP contribution in [0.25, 0.3) is 0 Å². The summed E-state index contributed by atoms with van der Waals surface area (Å²) in [6.45, 7) is 0. The molecule has 4 nitrogen and oxygen atoms in total. The van der Waals surface area contributed by atoms with Gasteiger partial charge in [-0.25, -0.2) is 13.3 Å². The number of benzene rings is 1. The highest BCUT2D eigenvalue weighted by Crippen LogP contribution is 2.33. The Bertz CT molecular complexity index is 491. The first-order valence-electron chi connectivity index (χ1n) is 6.68. The van der Waals surface area contributed by atoms with Gasteiger partial charge in [0.1, 0.15) is 17.1 Å². The Labute approximate surface area is 115 Å². The van der Waals surface area contributed by atoms with Gasteiger partial charge in [-0.1, -0.05) is 36.8 Å². The number of carbonyl (C=O) groups excluding carboxylic acids is 1. The van der Waals surface area contributed by atoms with Gasteiger partial charge < -0.3 is 4.74 Å². The maximum atomic E-state index is 12.4. The molecule has 1 unspecified atom stereocenters. The lowest BCUT2D eigenvalue weighted by molar-refractivity contribution is 0.113. The quantitative estimate of drug-likeness (QED) is 0.854. The van der Waals surface area contributed by atoms with Crippen LogP contribution in [0.3, 0.4) is 0 Å². The maximum absolute atomic E-state index is 12.4. The highest BCUT2D eigenvalue weighted by atomic mass is 32.2. The average molecular weight is 279 g/mol. The van der Waals surface area contributed by atoms with Crippen LogP contribution in [-0.2, 0) is 21.5 Å². The van der Waals surface area contributed by atoms with Crippen molar-refractivity contribution < 1.29 is 13.7 Å².